The highest BCUT2D eigenvalue weighted by atomic mass is 16.3. The molecule has 1 N–H and O–H groups in total. The van der Waals surface area contributed by atoms with Gasteiger partial charge >= 0.3 is 0 Å². The second kappa shape index (κ2) is 9.55. The van der Waals surface area contributed by atoms with Gasteiger partial charge in [0.1, 0.15) is 11.8 Å². The van der Waals surface area contributed by atoms with Crippen LogP contribution >= 0.6 is 0 Å². The van der Waals surface area contributed by atoms with Crippen molar-refractivity contribution in [3.63, 3.8) is 0 Å². The number of nitrogens with one attached hydrogen (secondary N) is 1. The van der Waals surface area contributed by atoms with Crippen LogP contribution in [0.5, 0.6) is 0 Å². The van der Waals surface area contributed by atoms with Crippen molar-refractivity contribution in [1.29, 1.82) is 0 Å². The maximum absolute atomic E-state index is 13.0. The third kappa shape index (κ3) is 5.33. The van der Waals surface area contributed by atoms with Gasteiger partial charge in [-0.15, -0.1) is 0 Å². The molecule has 0 saturated heterocycles. The zero-order chi connectivity index (χ0) is 19.8. The van der Waals surface area contributed by atoms with Crippen LogP contribution in [0.15, 0.2) is 83.5 Å². The van der Waals surface area contributed by atoms with Crippen molar-refractivity contribution in [3.05, 3.63) is 95.9 Å². The molecular formula is C23H24N2O3. The largest absolute Gasteiger partial charge is 0.467 e. The monoisotopic (exact) mass is 376 g/mol. The number of hydrogen-bond acceptors (Lipinski definition) is 3. The highest BCUT2D eigenvalue weighted by molar-refractivity contribution is 5.87. The van der Waals surface area contributed by atoms with Gasteiger partial charge in [0, 0.05) is 19.9 Å². The van der Waals surface area contributed by atoms with Crippen LogP contribution in [-0.2, 0) is 29.1 Å². The van der Waals surface area contributed by atoms with Crippen LogP contribution in [0.25, 0.3) is 0 Å². The Bertz CT molecular complexity index is 877. The molecule has 5 nitrogen and oxygen atoms in total. The number of hydrogen-bond donors (Lipinski definition) is 1. The standard InChI is InChI=1S/C23H24N2O3/c1-18(26)25(17-20-11-6-3-7-12-20)22(15-19-9-4-2-5-10-19)23(27)24-16-21-13-8-14-28-21/h2-14,22H,15-17H2,1H3,(H,24,27)/t22-/m1/s1. The van der Waals surface area contributed by atoms with Gasteiger partial charge < -0.3 is 14.6 Å². The van der Waals surface area contributed by atoms with Crippen molar-refractivity contribution < 1.29 is 14.0 Å². The van der Waals surface area contributed by atoms with Crippen LogP contribution in [-0.4, -0.2) is 22.8 Å². The number of benzene rings is 2. The number of furan rings is 1. The fourth-order valence-corrected chi connectivity index (χ4v) is 3.11. The molecule has 0 unspecified atom stereocenters. The summed E-state index contributed by atoms with van der Waals surface area (Å²) in [4.78, 5) is 27.1. The van der Waals surface area contributed by atoms with Gasteiger partial charge in [0.15, 0.2) is 0 Å². The molecule has 0 aliphatic heterocycles. The minimum Gasteiger partial charge on any atom is -0.467 e. The summed E-state index contributed by atoms with van der Waals surface area (Å²) >= 11 is 0. The number of rotatable bonds is 8. The number of nitrogens with zero attached hydrogens (tertiary/aromatic N) is 1. The Morgan fingerprint density at radius 1 is 0.929 bits per heavy atom. The highest BCUT2D eigenvalue weighted by Crippen LogP contribution is 2.15. The van der Waals surface area contributed by atoms with Crippen molar-refractivity contribution in [2.45, 2.75) is 32.5 Å². The molecule has 0 aliphatic carbocycles. The van der Waals surface area contributed by atoms with E-state index in [0.717, 1.165) is 11.1 Å². The van der Waals surface area contributed by atoms with E-state index >= 15 is 0 Å². The summed E-state index contributed by atoms with van der Waals surface area (Å²) in [6, 6.07) is 22.4. The van der Waals surface area contributed by atoms with Gasteiger partial charge in [0.2, 0.25) is 11.8 Å². The second-order valence-corrected chi connectivity index (χ2v) is 6.64. The predicted molar refractivity (Wildman–Crippen MR) is 107 cm³/mol. The van der Waals surface area contributed by atoms with Gasteiger partial charge in [0.05, 0.1) is 12.8 Å². The molecule has 0 fully saturated rings. The van der Waals surface area contributed by atoms with E-state index in [0.29, 0.717) is 18.7 Å². The van der Waals surface area contributed by atoms with Crippen molar-refractivity contribution in [2.75, 3.05) is 0 Å². The molecule has 144 valence electrons. The van der Waals surface area contributed by atoms with Crippen LogP contribution in [0, 0.1) is 0 Å². The van der Waals surface area contributed by atoms with Gasteiger partial charge in [0.25, 0.3) is 0 Å². The lowest BCUT2D eigenvalue weighted by atomic mass is 10.0. The summed E-state index contributed by atoms with van der Waals surface area (Å²) in [5, 5.41) is 2.90. The Morgan fingerprint density at radius 2 is 1.57 bits per heavy atom. The molecule has 28 heavy (non-hydrogen) atoms. The third-order valence-corrected chi connectivity index (χ3v) is 4.57. The molecule has 1 heterocycles. The van der Waals surface area contributed by atoms with E-state index in [1.54, 1.807) is 23.3 Å². The molecule has 2 amide bonds. The summed E-state index contributed by atoms with van der Waals surface area (Å²) in [6.45, 7) is 2.16. The first kappa shape index (κ1) is 19.4. The summed E-state index contributed by atoms with van der Waals surface area (Å²) in [5.41, 5.74) is 1.98. The predicted octanol–water partition coefficient (Wildman–Crippen LogP) is 3.56. The molecule has 2 aromatic carbocycles. The molecule has 0 bridgehead atoms. The van der Waals surface area contributed by atoms with E-state index < -0.39 is 6.04 Å². The Morgan fingerprint density at radius 3 is 2.14 bits per heavy atom. The lowest BCUT2D eigenvalue weighted by Crippen LogP contribution is -2.49. The van der Waals surface area contributed by atoms with Crippen molar-refractivity contribution >= 4 is 11.8 Å². The minimum atomic E-state index is -0.616. The fraction of sp³-hybridized carbons (Fsp3) is 0.217. The summed E-state index contributed by atoms with van der Waals surface area (Å²) in [6.07, 6.45) is 2.01. The van der Waals surface area contributed by atoms with Crippen molar-refractivity contribution in [3.8, 4) is 0 Å². The van der Waals surface area contributed by atoms with Crippen LogP contribution < -0.4 is 5.32 Å². The zero-order valence-electron chi connectivity index (χ0n) is 15.9. The first-order chi connectivity index (χ1) is 13.6. The number of carbonyl (C=O) groups is 2. The lowest BCUT2D eigenvalue weighted by molar-refractivity contribution is -0.139. The normalized spacial score (nSPS) is 11.6. The number of carbonyl (C=O) groups excluding carboxylic acids is 2. The maximum atomic E-state index is 13.0. The summed E-state index contributed by atoms with van der Waals surface area (Å²) in [5.74, 6) is 0.327. The van der Waals surface area contributed by atoms with Crippen molar-refractivity contribution in [2.24, 2.45) is 0 Å². The quantitative estimate of drug-likeness (QED) is 0.654. The maximum Gasteiger partial charge on any atom is 0.243 e. The van der Waals surface area contributed by atoms with Gasteiger partial charge in [-0.2, -0.15) is 0 Å². The van der Waals surface area contributed by atoms with Gasteiger partial charge in [-0.25, -0.2) is 0 Å². The van der Waals surface area contributed by atoms with Crippen LogP contribution in [0.4, 0.5) is 0 Å². The van der Waals surface area contributed by atoms with Gasteiger partial charge in [-0.1, -0.05) is 60.7 Å². The van der Waals surface area contributed by atoms with Crippen LogP contribution in [0.1, 0.15) is 23.8 Å². The SMILES string of the molecule is CC(=O)N(Cc1ccccc1)[C@H](Cc1ccccc1)C(=O)NCc1ccco1. The fourth-order valence-electron chi connectivity index (χ4n) is 3.11. The van der Waals surface area contributed by atoms with E-state index in [-0.39, 0.29) is 18.4 Å². The molecular weight excluding hydrogens is 352 g/mol. The molecule has 1 aromatic heterocycles. The topological polar surface area (TPSA) is 62.6 Å². The smallest absolute Gasteiger partial charge is 0.243 e. The number of amides is 2. The average molecular weight is 376 g/mol. The molecule has 0 saturated carbocycles. The summed E-state index contributed by atoms with van der Waals surface area (Å²) < 4.78 is 5.29. The Hall–Kier alpha value is -3.34. The molecule has 0 spiro atoms. The van der Waals surface area contributed by atoms with E-state index in [2.05, 4.69) is 5.32 Å². The Labute approximate surface area is 165 Å². The van der Waals surface area contributed by atoms with Crippen LogP contribution in [0.2, 0.25) is 0 Å². The first-order valence-corrected chi connectivity index (χ1v) is 9.28. The Kier molecular flexibility index (Phi) is 6.63. The highest BCUT2D eigenvalue weighted by Gasteiger charge is 2.28. The molecule has 5 heteroatoms. The second-order valence-electron chi connectivity index (χ2n) is 6.64. The van der Waals surface area contributed by atoms with E-state index in [4.69, 9.17) is 4.42 Å². The first-order valence-electron chi connectivity index (χ1n) is 9.28. The minimum absolute atomic E-state index is 0.141. The molecule has 1 atom stereocenters. The van der Waals surface area contributed by atoms with Crippen LogP contribution in [0.3, 0.4) is 0 Å². The molecule has 0 aliphatic rings. The van der Waals surface area contributed by atoms with E-state index in [9.17, 15) is 9.59 Å². The van der Waals surface area contributed by atoms with Gasteiger partial charge in [-0.05, 0) is 23.3 Å². The molecule has 3 rings (SSSR count). The van der Waals surface area contributed by atoms with Gasteiger partial charge in [-0.3, -0.25) is 9.59 Å². The molecule has 0 radical (unpaired) electrons. The average Bonchev–Trinajstić information content (AvgIpc) is 3.24. The Balaban J connectivity index is 1.81. The summed E-state index contributed by atoms with van der Waals surface area (Å²) in [7, 11) is 0. The van der Waals surface area contributed by atoms with Crippen molar-refractivity contribution in [1.82, 2.24) is 10.2 Å². The zero-order valence-corrected chi connectivity index (χ0v) is 15.9. The third-order valence-electron chi connectivity index (χ3n) is 4.57. The van der Waals surface area contributed by atoms with E-state index in [1.165, 1.54) is 6.92 Å². The molecule has 3 aromatic rings. The lowest BCUT2D eigenvalue weighted by Gasteiger charge is -2.30. The van der Waals surface area contributed by atoms with E-state index in [1.807, 2.05) is 60.7 Å².